The van der Waals surface area contributed by atoms with Gasteiger partial charge in [0, 0.05) is 18.1 Å². The predicted octanol–water partition coefficient (Wildman–Crippen LogP) is 4.07. The van der Waals surface area contributed by atoms with E-state index in [9.17, 15) is 4.79 Å². The van der Waals surface area contributed by atoms with E-state index < -0.39 is 0 Å². The second kappa shape index (κ2) is 6.91. The Labute approximate surface area is 137 Å². The van der Waals surface area contributed by atoms with Crippen LogP contribution < -0.4 is 4.74 Å². The van der Waals surface area contributed by atoms with E-state index in [0.717, 1.165) is 30.6 Å². The molecule has 0 saturated heterocycles. The van der Waals surface area contributed by atoms with Gasteiger partial charge in [0.25, 0.3) is 0 Å². The Morgan fingerprint density at radius 1 is 1.23 bits per heavy atom. The summed E-state index contributed by atoms with van der Waals surface area (Å²) in [7, 11) is 1.96. The number of rotatable bonds is 2. The lowest BCUT2D eigenvalue weighted by molar-refractivity contribution is -0.138. The molecule has 1 atom stereocenters. The number of hydrogen-bond acceptors (Lipinski definition) is 2. The zero-order chi connectivity index (χ0) is 15.5. The van der Waals surface area contributed by atoms with E-state index in [1.54, 1.807) is 0 Å². The molecule has 1 aliphatic carbocycles. The van der Waals surface area contributed by atoms with Crippen molar-refractivity contribution in [3.8, 4) is 5.75 Å². The molecular formula is C18H24ClNO2. The van der Waals surface area contributed by atoms with Gasteiger partial charge in [-0.05, 0) is 43.0 Å². The van der Waals surface area contributed by atoms with Gasteiger partial charge >= 0.3 is 0 Å². The van der Waals surface area contributed by atoms with Crippen LogP contribution in [0.1, 0.15) is 44.1 Å². The Hall–Kier alpha value is -1.22. The fourth-order valence-electron chi connectivity index (χ4n) is 3.63. The number of fused-ring (bicyclic) bond motifs is 1. The van der Waals surface area contributed by atoms with Gasteiger partial charge in [-0.2, -0.15) is 0 Å². The first-order valence-electron chi connectivity index (χ1n) is 8.33. The molecule has 1 saturated carbocycles. The van der Waals surface area contributed by atoms with E-state index in [1.165, 1.54) is 25.7 Å². The highest BCUT2D eigenvalue weighted by atomic mass is 35.5. The van der Waals surface area contributed by atoms with E-state index in [1.807, 2.05) is 30.1 Å². The first kappa shape index (κ1) is 15.7. The fourth-order valence-corrected chi connectivity index (χ4v) is 3.83. The number of nitrogens with zero attached hydrogens (tertiary/aromatic N) is 1. The minimum atomic E-state index is -0.0841. The van der Waals surface area contributed by atoms with Crippen molar-refractivity contribution in [3.05, 3.63) is 28.8 Å². The van der Waals surface area contributed by atoms with Crippen LogP contribution in [0.15, 0.2) is 18.2 Å². The molecule has 1 amide bonds. The van der Waals surface area contributed by atoms with Gasteiger partial charge in [0.15, 0.2) is 0 Å². The number of benzene rings is 1. The van der Waals surface area contributed by atoms with E-state index in [0.29, 0.717) is 17.7 Å². The van der Waals surface area contributed by atoms with Crippen molar-refractivity contribution >= 4 is 17.5 Å². The van der Waals surface area contributed by atoms with Crippen LogP contribution in [0, 0.1) is 5.92 Å². The van der Waals surface area contributed by atoms with Crippen LogP contribution in [0.5, 0.6) is 5.75 Å². The first-order valence-corrected chi connectivity index (χ1v) is 8.71. The molecule has 1 aromatic rings. The molecule has 1 aromatic carbocycles. The van der Waals surface area contributed by atoms with Gasteiger partial charge in [0.1, 0.15) is 12.4 Å². The van der Waals surface area contributed by atoms with Gasteiger partial charge in [0.05, 0.1) is 5.92 Å². The van der Waals surface area contributed by atoms with Crippen molar-refractivity contribution in [2.24, 2.45) is 5.92 Å². The van der Waals surface area contributed by atoms with Gasteiger partial charge in [-0.15, -0.1) is 0 Å². The summed E-state index contributed by atoms with van der Waals surface area (Å²) in [6, 6.07) is 6.05. The zero-order valence-electron chi connectivity index (χ0n) is 13.2. The lowest BCUT2D eigenvalue weighted by Gasteiger charge is -2.33. The molecule has 1 aliphatic heterocycles. The molecule has 0 aromatic heterocycles. The van der Waals surface area contributed by atoms with Crippen LogP contribution in [0.3, 0.4) is 0 Å². The average Bonchev–Trinajstić information content (AvgIpc) is 2.82. The van der Waals surface area contributed by atoms with Gasteiger partial charge < -0.3 is 9.64 Å². The van der Waals surface area contributed by atoms with Crippen molar-refractivity contribution < 1.29 is 9.53 Å². The third kappa shape index (κ3) is 3.40. The number of ether oxygens (including phenoxy) is 1. The van der Waals surface area contributed by atoms with E-state index >= 15 is 0 Å². The molecule has 0 radical (unpaired) electrons. The van der Waals surface area contributed by atoms with Crippen molar-refractivity contribution in [2.75, 3.05) is 13.7 Å². The molecular weight excluding hydrogens is 298 g/mol. The third-order valence-corrected chi connectivity index (χ3v) is 5.23. The van der Waals surface area contributed by atoms with Crippen LogP contribution in [-0.2, 0) is 11.2 Å². The normalized spacial score (nSPS) is 22.4. The van der Waals surface area contributed by atoms with Crippen molar-refractivity contribution in [1.82, 2.24) is 4.90 Å². The SMILES string of the molecule is CN(C(=O)C1COc2ccc(Cl)cc2C1)C1CCCCCC1. The van der Waals surface area contributed by atoms with E-state index in [4.69, 9.17) is 16.3 Å². The smallest absolute Gasteiger partial charge is 0.229 e. The maximum absolute atomic E-state index is 12.8. The quantitative estimate of drug-likeness (QED) is 0.768. The Kier molecular flexibility index (Phi) is 4.92. The van der Waals surface area contributed by atoms with Gasteiger partial charge in [-0.3, -0.25) is 4.79 Å². The molecule has 4 heteroatoms. The van der Waals surface area contributed by atoms with Gasteiger partial charge in [0.2, 0.25) is 5.91 Å². The Morgan fingerprint density at radius 2 is 1.95 bits per heavy atom. The fraction of sp³-hybridized carbons (Fsp3) is 0.611. The number of amides is 1. The maximum Gasteiger partial charge on any atom is 0.229 e. The second-order valence-electron chi connectivity index (χ2n) is 6.56. The molecule has 1 heterocycles. The molecule has 3 nitrogen and oxygen atoms in total. The standard InChI is InChI=1S/C18H24ClNO2/c1-20(16-6-4-2-3-5-7-16)18(21)14-10-13-11-15(19)8-9-17(13)22-12-14/h8-9,11,14,16H,2-7,10,12H2,1H3. The molecule has 0 N–H and O–H groups in total. The number of carbonyl (C=O) groups excluding carboxylic acids is 1. The second-order valence-corrected chi connectivity index (χ2v) is 7.00. The molecule has 0 bridgehead atoms. The predicted molar refractivity (Wildman–Crippen MR) is 88.4 cm³/mol. The Balaban J connectivity index is 1.67. The van der Waals surface area contributed by atoms with E-state index in [2.05, 4.69) is 0 Å². The number of carbonyl (C=O) groups is 1. The van der Waals surface area contributed by atoms with Crippen molar-refractivity contribution in [2.45, 2.75) is 51.0 Å². The highest BCUT2D eigenvalue weighted by molar-refractivity contribution is 6.30. The summed E-state index contributed by atoms with van der Waals surface area (Å²) in [4.78, 5) is 14.8. The highest BCUT2D eigenvalue weighted by Crippen LogP contribution is 2.31. The summed E-state index contributed by atoms with van der Waals surface area (Å²) in [5, 5.41) is 0.701. The van der Waals surface area contributed by atoms with Gasteiger partial charge in [-0.1, -0.05) is 37.3 Å². The summed E-state index contributed by atoms with van der Waals surface area (Å²) in [6.07, 6.45) is 8.08. The molecule has 120 valence electrons. The van der Waals surface area contributed by atoms with Crippen molar-refractivity contribution in [1.29, 1.82) is 0 Å². The summed E-state index contributed by atoms with van der Waals surface area (Å²) >= 11 is 6.06. The Morgan fingerprint density at radius 3 is 2.68 bits per heavy atom. The average molecular weight is 322 g/mol. The summed E-state index contributed by atoms with van der Waals surface area (Å²) in [6.45, 7) is 0.477. The molecule has 1 unspecified atom stereocenters. The van der Waals surface area contributed by atoms with E-state index in [-0.39, 0.29) is 11.8 Å². The topological polar surface area (TPSA) is 29.5 Å². The summed E-state index contributed by atoms with van der Waals surface area (Å²) in [5.74, 6) is 1.00. The third-order valence-electron chi connectivity index (χ3n) is 5.00. The molecule has 2 aliphatic rings. The molecule has 1 fully saturated rings. The number of halogens is 1. The maximum atomic E-state index is 12.8. The van der Waals surface area contributed by atoms with Crippen LogP contribution in [0.2, 0.25) is 5.02 Å². The molecule has 0 spiro atoms. The summed E-state index contributed by atoms with van der Waals surface area (Å²) in [5.41, 5.74) is 1.05. The van der Waals surface area contributed by atoms with Crippen LogP contribution in [0.25, 0.3) is 0 Å². The molecule has 3 rings (SSSR count). The lowest BCUT2D eigenvalue weighted by Crippen LogP contribution is -2.43. The Bertz CT molecular complexity index is 538. The largest absolute Gasteiger partial charge is 0.492 e. The monoisotopic (exact) mass is 321 g/mol. The van der Waals surface area contributed by atoms with Crippen LogP contribution in [-0.4, -0.2) is 30.5 Å². The van der Waals surface area contributed by atoms with Crippen LogP contribution >= 0.6 is 11.6 Å². The molecule has 22 heavy (non-hydrogen) atoms. The van der Waals surface area contributed by atoms with Gasteiger partial charge in [-0.25, -0.2) is 0 Å². The zero-order valence-corrected chi connectivity index (χ0v) is 13.9. The highest BCUT2D eigenvalue weighted by Gasteiger charge is 2.31. The minimum Gasteiger partial charge on any atom is -0.492 e. The van der Waals surface area contributed by atoms with Crippen molar-refractivity contribution in [3.63, 3.8) is 0 Å². The van der Waals surface area contributed by atoms with Crippen LogP contribution in [0.4, 0.5) is 0 Å². The number of hydrogen-bond donors (Lipinski definition) is 0. The minimum absolute atomic E-state index is 0.0841. The summed E-state index contributed by atoms with van der Waals surface area (Å²) < 4.78 is 5.77. The first-order chi connectivity index (χ1) is 10.6. The lowest BCUT2D eigenvalue weighted by atomic mass is 9.94.